The van der Waals surface area contributed by atoms with Crippen LogP contribution in [0.3, 0.4) is 0 Å². The number of benzene rings is 2. The monoisotopic (exact) mass is 523 g/mol. The molecule has 5 rings (SSSR count). The number of thiazole rings is 1. The SMILES string of the molecule is CCCCN(CC)S(=O)(=O)c1ccc(C(=O)Nc2c3c(nn2-c2nc4ccccc4s2)CCC3)cc1. The van der Waals surface area contributed by atoms with E-state index in [2.05, 4.69) is 5.32 Å². The molecule has 36 heavy (non-hydrogen) atoms. The predicted molar refractivity (Wildman–Crippen MR) is 143 cm³/mol. The van der Waals surface area contributed by atoms with Crippen molar-refractivity contribution in [2.24, 2.45) is 0 Å². The van der Waals surface area contributed by atoms with Gasteiger partial charge >= 0.3 is 0 Å². The lowest BCUT2D eigenvalue weighted by Crippen LogP contribution is -2.31. The van der Waals surface area contributed by atoms with Gasteiger partial charge in [-0.3, -0.25) is 4.79 Å². The number of aromatic nitrogens is 3. The first-order valence-corrected chi connectivity index (χ1v) is 14.6. The maximum atomic E-state index is 13.2. The lowest BCUT2D eigenvalue weighted by Gasteiger charge is -2.20. The number of nitrogens with zero attached hydrogens (tertiary/aromatic N) is 4. The number of rotatable bonds is 9. The Morgan fingerprint density at radius 2 is 1.89 bits per heavy atom. The molecule has 0 radical (unpaired) electrons. The third kappa shape index (κ3) is 4.56. The van der Waals surface area contributed by atoms with Gasteiger partial charge in [-0.2, -0.15) is 14.1 Å². The van der Waals surface area contributed by atoms with Crippen molar-refractivity contribution in [1.82, 2.24) is 19.1 Å². The third-order valence-electron chi connectivity index (χ3n) is 6.47. The fourth-order valence-electron chi connectivity index (χ4n) is 4.50. The second kappa shape index (κ2) is 10.1. The third-order valence-corrected chi connectivity index (χ3v) is 9.47. The Labute approximate surface area is 215 Å². The van der Waals surface area contributed by atoms with Crippen molar-refractivity contribution in [3.8, 4) is 5.13 Å². The van der Waals surface area contributed by atoms with Crippen LogP contribution < -0.4 is 5.32 Å². The van der Waals surface area contributed by atoms with Gasteiger partial charge in [0.1, 0.15) is 5.82 Å². The lowest BCUT2D eigenvalue weighted by molar-refractivity contribution is 0.102. The molecule has 1 aliphatic rings. The molecule has 2 aromatic carbocycles. The first kappa shape index (κ1) is 24.6. The summed E-state index contributed by atoms with van der Waals surface area (Å²) in [4.78, 5) is 18.1. The Hall–Kier alpha value is -3.08. The summed E-state index contributed by atoms with van der Waals surface area (Å²) in [5.41, 5.74) is 3.30. The lowest BCUT2D eigenvalue weighted by atomic mass is 10.2. The van der Waals surface area contributed by atoms with Gasteiger partial charge in [-0.15, -0.1) is 0 Å². The number of nitrogens with one attached hydrogen (secondary N) is 1. The van der Waals surface area contributed by atoms with Crippen LogP contribution in [0.2, 0.25) is 0 Å². The molecule has 2 aromatic heterocycles. The number of hydrogen-bond acceptors (Lipinski definition) is 6. The number of aryl methyl sites for hydroxylation is 1. The molecule has 0 saturated carbocycles. The minimum atomic E-state index is -3.60. The van der Waals surface area contributed by atoms with Crippen LogP contribution in [-0.2, 0) is 22.9 Å². The van der Waals surface area contributed by atoms with Gasteiger partial charge in [-0.1, -0.05) is 43.7 Å². The van der Waals surface area contributed by atoms with Crippen molar-refractivity contribution in [3.05, 3.63) is 65.4 Å². The summed E-state index contributed by atoms with van der Waals surface area (Å²) in [6.07, 6.45) is 4.44. The highest BCUT2D eigenvalue weighted by Gasteiger charge is 2.27. The quantitative estimate of drug-likeness (QED) is 0.332. The van der Waals surface area contributed by atoms with Crippen LogP contribution in [0, 0.1) is 0 Å². The number of fused-ring (bicyclic) bond motifs is 2. The molecule has 0 unspecified atom stereocenters. The van der Waals surface area contributed by atoms with E-state index < -0.39 is 10.0 Å². The number of amides is 1. The summed E-state index contributed by atoms with van der Waals surface area (Å²) in [6.45, 7) is 4.76. The molecule has 2 heterocycles. The van der Waals surface area contributed by atoms with Crippen LogP contribution >= 0.6 is 11.3 Å². The zero-order chi connectivity index (χ0) is 25.3. The smallest absolute Gasteiger partial charge is 0.256 e. The summed E-state index contributed by atoms with van der Waals surface area (Å²) < 4.78 is 30.3. The molecule has 10 heteroatoms. The number of carbonyl (C=O) groups is 1. The van der Waals surface area contributed by atoms with Crippen molar-refractivity contribution in [1.29, 1.82) is 0 Å². The first-order chi connectivity index (χ1) is 17.4. The van der Waals surface area contributed by atoms with E-state index in [1.807, 2.05) is 38.1 Å². The number of unbranched alkanes of at least 4 members (excludes halogenated alkanes) is 1. The van der Waals surface area contributed by atoms with Crippen LogP contribution in [0.15, 0.2) is 53.4 Å². The van der Waals surface area contributed by atoms with Crippen molar-refractivity contribution in [3.63, 3.8) is 0 Å². The number of para-hydroxylation sites is 1. The Balaban J connectivity index is 1.41. The summed E-state index contributed by atoms with van der Waals surface area (Å²) in [7, 11) is -3.60. The molecule has 0 aliphatic heterocycles. The maximum Gasteiger partial charge on any atom is 0.256 e. The van der Waals surface area contributed by atoms with Crippen LogP contribution in [0.4, 0.5) is 5.82 Å². The van der Waals surface area contributed by atoms with E-state index in [4.69, 9.17) is 10.1 Å². The van der Waals surface area contributed by atoms with Gasteiger partial charge in [0.05, 0.1) is 20.8 Å². The molecule has 0 atom stereocenters. The van der Waals surface area contributed by atoms with E-state index in [1.165, 1.54) is 27.8 Å². The first-order valence-electron chi connectivity index (χ1n) is 12.3. The molecular weight excluding hydrogens is 494 g/mol. The van der Waals surface area contributed by atoms with E-state index >= 15 is 0 Å². The van der Waals surface area contributed by atoms with Crippen LogP contribution in [0.5, 0.6) is 0 Å². The standard InChI is InChI=1S/C26H29N5O3S2/c1-3-5-17-30(4-2)36(33,34)19-15-13-18(14-16-19)25(32)28-24-20-9-8-11-21(20)29-31(24)26-27-22-10-6-7-12-23(22)35-26/h6-7,10,12-16H,3-5,8-9,11,17H2,1-2H3,(H,28,32). The molecule has 0 spiro atoms. The molecule has 4 aromatic rings. The number of carbonyl (C=O) groups excluding carboxylic acids is 1. The largest absolute Gasteiger partial charge is 0.306 e. The Morgan fingerprint density at radius 3 is 2.61 bits per heavy atom. The highest BCUT2D eigenvalue weighted by atomic mass is 32.2. The highest BCUT2D eigenvalue weighted by molar-refractivity contribution is 7.89. The van der Waals surface area contributed by atoms with E-state index in [-0.39, 0.29) is 10.8 Å². The van der Waals surface area contributed by atoms with E-state index in [9.17, 15) is 13.2 Å². The number of anilines is 1. The normalized spacial score (nSPS) is 13.4. The summed E-state index contributed by atoms with van der Waals surface area (Å²) >= 11 is 1.53. The molecule has 0 saturated heterocycles. The van der Waals surface area contributed by atoms with Crippen molar-refractivity contribution in [2.45, 2.75) is 50.8 Å². The molecular formula is C26H29N5O3S2. The second-order valence-electron chi connectivity index (χ2n) is 8.83. The molecule has 0 fully saturated rings. The van der Waals surface area contributed by atoms with E-state index in [0.29, 0.717) is 29.6 Å². The highest BCUT2D eigenvalue weighted by Crippen LogP contribution is 2.34. The maximum absolute atomic E-state index is 13.2. The van der Waals surface area contributed by atoms with Gasteiger partial charge in [-0.25, -0.2) is 13.4 Å². The average molecular weight is 524 g/mol. The van der Waals surface area contributed by atoms with Gasteiger partial charge in [0.25, 0.3) is 5.91 Å². The fraction of sp³-hybridized carbons (Fsp3) is 0.346. The van der Waals surface area contributed by atoms with Crippen LogP contribution in [0.1, 0.15) is 54.7 Å². The van der Waals surface area contributed by atoms with Crippen LogP contribution in [-0.4, -0.2) is 46.5 Å². The predicted octanol–water partition coefficient (Wildman–Crippen LogP) is 5.03. The molecule has 188 valence electrons. The van der Waals surface area contributed by atoms with Gasteiger partial charge in [-0.05, 0) is 62.1 Å². The van der Waals surface area contributed by atoms with Gasteiger partial charge in [0.15, 0.2) is 0 Å². The van der Waals surface area contributed by atoms with Crippen molar-refractivity contribution in [2.75, 3.05) is 18.4 Å². The number of sulfonamides is 1. The van der Waals surface area contributed by atoms with E-state index in [0.717, 1.165) is 53.6 Å². The van der Waals surface area contributed by atoms with Gasteiger partial charge < -0.3 is 5.32 Å². The molecule has 1 amide bonds. The topological polar surface area (TPSA) is 97.2 Å². The average Bonchev–Trinajstić information content (AvgIpc) is 3.60. The second-order valence-corrected chi connectivity index (χ2v) is 11.8. The molecule has 8 nitrogen and oxygen atoms in total. The van der Waals surface area contributed by atoms with Crippen LogP contribution in [0.25, 0.3) is 15.3 Å². The van der Waals surface area contributed by atoms with E-state index in [1.54, 1.807) is 16.8 Å². The molecule has 1 aliphatic carbocycles. The minimum Gasteiger partial charge on any atom is -0.306 e. The van der Waals surface area contributed by atoms with Crippen molar-refractivity contribution >= 4 is 43.3 Å². The molecule has 1 N–H and O–H groups in total. The fourth-order valence-corrected chi connectivity index (χ4v) is 6.91. The summed E-state index contributed by atoms with van der Waals surface area (Å²) in [6, 6.07) is 14.0. The zero-order valence-electron chi connectivity index (χ0n) is 20.4. The van der Waals surface area contributed by atoms with Gasteiger partial charge in [0, 0.05) is 24.2 Å². The van der Waals surface area contributed by atoms with Crippen molar-refractivity contribution < 1.29 is 13.2 Å². The summed E-state index contributed by atoms with van der Waals surface area (Å²) in [5, 5.41) is 8.51. The Morgan fingerprint density at radius 1 is 1.11 bits per heavy atom. The zero-order valence-corrected chi connectivity index (χ0v) is 22.0. The Bertz CT molecular complexity index is 1470. The minimum absolute atomic E-state index is 0.192. The Kier molecular flexibility index (Phi) is 6.92. The summed E-state index contributed by atoms with van der Waals surface area (Å²) in [5.74, 6) is 0.328. The van der Waals surface area contributed by atoms with Gasteiger partial charge in [0.2, 0.25) is 15.2 Å². The number of hydrogen-bond donors (Lipinski definition) is 1. The molecule has 0 bridgehead atoms.